The summed E-state index contributed by atoms with van der Waals surface area (Å²) in [6, 6.07) is 0. The zero-order valence-corrected chi connectivity index (χ0v) is 13.0. The SMILES string of the molecule is CN=C(NCCC1=CCCCC1)N1CCC(COC)C1. The lowest BCUT2D eigenvalue weighted by molar-refractivity contribution is 0.157. The van der Waals surface area contributed by atoms with E-state index in [1.807, 2.05) is 7.05 Å². The fraction of sp³-hybridized carbons (Fsp3) is 0.812. The maximum absolute atomic E-state index is 5.25. The maximum Gasteiger partial charge on any atom is 0.193 e. The van der Waals surface area contributed by atoms with Crippen molar-refractivity contribution in [2.24, 2.45) is 10.9 Å². The summed E-state index contributed by atoms with van der Waals surface area (Å²) in [7, 11) is 3.67. The molecule has 0 aromatic heterocycles. The van der Waals surface area contributed by atoms with Crippen molar-refractivity contribution in [3.05, 3.63) is 11.6 Å². The highest BCUT2D eigenvalue weighted by atomic mass is 16.5. The van der Waals surface area contributed by atoms with Crippen molar-refractivity contribution in [1.82, 2.24) is 10.2 Å². The van der Waals surface area contributed by atoms with E-state index in [1.54, 1.807) is 12.7 Å². The first-order valence-corrected chi connectivity index (χ1v) is 7.96. The topological polar surface area (TPSA) is 36.9 Å². The second kappa shape index (κ2) is 8.30. The van der Waals surface area contributed by atoms with Crippen LogP contribution in [-0.2, 0) is 4.74 Å². The number of hydrogen-bond acceptors (Lipinski definition) is 2. The number of ether oxygens (including phenoxy) is 1. The predicted octanol–water partition coefficient (Wildman–Crippen LogP) is 2.42. The minimum atomic E-state index is 0.652. The Morgan fingerprint density at radius 1 is 1.50 bits per heavy atom. The zero-order chi connectivity index (χ0) is 14.2. The van der Waals surface area contributed by atoms with Gasteiger partial charge in [0.05, 0.1) is 6.61 Å². The van der Waals surface area contributed by atoms with Crippen LogP contribution in [0.5, 0.6) is 0 Å². The number of hydrogen-bond donors (Lipinski definition) is 1. The van der Waals surface area contributed by atoms with Crippen molar-refractivity contribution in [2.45, 2.75) is 38.5 Å². The Bertz CT molecular complexity index is 352. The van der Waals surface area contributed by atoms with Crippen LogP contribution in [0.1, 0.15) is 38.5 Å². The first-order chi connectivity index (χ1) is 9.83. The van der Waals surface area contributed by atoms with Gasteiger partial charge in [-0.2, -0.15) is 0 Å². The molecule has 20 heavy (non-hydrogen) atoms. The smallest absolute Gasteiger partial charge is 0.193 e. The van der Waals surface area contributed by atoms with E-state index in [0.29, 0.717) is 5.92 Å². The van der Waals surface area contributed by atoms with Crippen LogP contribution in [0.4, 0.5) is 0 Å². The number of nitrogens with zero attached hydrogens (tertiary/aromatic N) is 2. The molecule has 1 aliphatic carbocycles. The van der Waals surface area contributed by atoms with Gasteiger partial charge in [0.1, 0.15) is 0 Å². The summed E-state index contributed by atoms with van der Waals surface area (Å²) in [4.78, 5) is 6.78. The first kappa shape index (κ1) is 15.4. The minimum Gasteiger partial charge on any atom is -0.384 e. The van der Waals surface area contributed by atoms with Gasteiger partial charge >= 0.3 is 0 Å². The number of nitrogens with one attached hydrogen (secondary N) is 1. The summed E-state index contributed by atoms with van der Waals surface area (Å²) in [5, 5.41) is 3.52. The largest absolute Gasteiger partial charge is 0.384 e. The minimum absolute atomic E-state index is 0.652. The Kier molecular flexibility index (Phi) is 6.37. The molecule has 0 saturated carbocycles. The lowest BCUT2D eigenvalue weighted by Gasteiger charge is -2.22. The highest BCUT2D eigenvalue weighted by Gasteiger charge is 2.24. The van der Waals surface area contributed by atoms with Crippen LogP contribution >= 0.6 is 0 Å². The second-order valence-electron chi connectivity index (χ2n) is 5.89. The van der Waals surface area contributed by atoms with Crippen molar-refractivity contribution in [1.29, 1.82) is 0 Å². The lowest BCUT2D eigenvalue weighted by Crippen LogP contribution is -2.40. The Labute approximate surface area is 123 Å². The Morgan fingerprint density at radius 2 is 2.40 bits per heavy atom. The molecule has 1 unspecified atom stereocenters. The van der Waals surface area contributed by atoms with Crippen molar-refractivity contribution >= 4 is 5.96 Å². The molecule has 4 heteroatoms. The standard InChI is InChI=1S/C16H29N3O/c1-17-16(19-11-9-15(12-19)13-20-2)18-10-8-14-6-4-3-5-7-14/h6,15H,3-5,7-13H2,1-2H3,(H,17,18). The van der Waals surface area contributed by atoms with Gasteiger partial charge in [0, 0.05) is 39.7 Å². The normalized spacial score (nSPS) is 23.9. The van der Waals surface area contributed by atoms with Crippen molar-refractivity contribution < 1.29 is 4.74 Å². The third-order valence-electron chi connectivity index (χ3n) is 4.31. The van der Waals surface area contributed by atoms with E-state index in [2.05, 4.69) is 21.3 Å². The van der Waals surface area contributed by atoms with Gasteiger partial charge in [0.25, 0.3) is 0 Å². The van der Waals surface area contributed by atoms with E-state index >= 15 is 0 Å². The number of rotatable bonds is 5. The summed E-state index contributed by atoms with van der Waals surface area (Å²) in [5.41, 5.74) is 1.62. The summed E-state index contributed by atoms with van der Waals surface area (Å²) < 4.78 is 5.25. The van der Waals surface area contributed by atoms with Gasteiger partial charge in [-0.1, -0.05) is 11.6 Å². The molecule has 2 aliphatic rings. The lowest BCUT2D eigenvalue weighted by atomic mass is 9.97. The number of allylic oxidation sites excluding steroid dienone is 1. The van der Waals surface area contributed by atoms with Crippen LogP contribution in [-0.4, -0.2) is 51.3 Å². The summed E-state index contributed by atoms with van der Waals surface area (Å²) in [6.45, 7) is 4.02. The second-order valence-corrected chi connectivity index (χ2v) is 5.89. The Balaban J connectivity index is 1.71. The fourth-order valence-corrected chi connectivity index (χ4v) is 3.20. The summed E-state index contributed by atoms with van der Waals surface area (Å²) in [6.07, 6.45) is 10.1. The number of aliphatic imine (C=N–C) groups is 1. The molecule has 1 heterocycles. The fourth-order valence-electron chi connectivity index (χ4n) is 3.20. The van der Waals surface area contributed by atoms with E-state index < -0.39 is 0 Å². The summed E-state index contributed by atoms with van der Waals surface area (Å²) in [5.74, 6) is 1.71. The third-order valence-corrected chi connectivity index (χ3v) is 4.31. The molecule has 1 aliphatic heterocycles. The van der Waals surface area contributed by atoms with Gasteiger partial charge in [-0.05, 0) is 38.5 Å². The van der Waals surface area contributed by atoms with Crippen LogP contribution in [0, 0.1) is 5.92 Å². The molecule has 2 rings (SSSR count). The summed E-state index contributed by atoms with van der Waals surface area (Å²) >= 11 is 0. The van der Waals surface area contributed by atoms with E-state index in [0.717, 1.165) is 38.6 Å². The average molecular weight is 279 g/mol. The molecule has 0 spiro atoms. The molecule has 0 aromatic carbocycles. The molecule has 0 amide bonds. The van der Waals surface area contributed by atoms with Crippen LogP contribution in [0.2, 0.25) is 0 Å². The van der Waals surface area contributed by atoms with Gasteiger partial charge in [-0.25, -0.2) is 0 Å². The van der Waals surface area contributed by atoms with Crippen molar-refractivity contribution in [2.75, 3.05) is 40.4 Å². The van der Waals surface area contributed by atoms with E-state index in [-0.39, 0.29) is 0 Å². The first-order valence-electron chi connectivity index (χ1n) is 7.96. The van der Waals surface area contributed by atoms with Crippen LogP contribution in [0.3, 0.4) is 0 Å². The molecule has 114 valence electrons. The molecular formula is C16H29N3O. The maximum atomic E-state index is 5.25. The van der Waals surface area contributed by atoms with Crippen molar-refractivity contribution in [3.63, 3.8) is 0 Å². The molecule has 1 atom stereocenters. The molecule has 0 radical (unpaired) electrons. The molecule has 0 aromatic rings. The number of guanidine groups is 1. The molecule has 1 fully saturated rings. The monoisotopic (exact) mass is 279 g/mol. The van der Waals surface area contributed by atoms with E-state index in [4.69, 9.17) is 4.74 Å². The van der Waals surface area contributed by atoms with Gasteiger partial charge in [0.2, 0.25) is 0 Å². The average Bonchev–Trinajstić information content (AvgIpc) is 2.94. The Morgan fingerprint density at radius 3 is 3.10 bits per heavy atom. The van der Waals surface area contributed by atoms with Gasteiger partial charge in [-0.3, -0.25) is 4.99 Å². The predicted molar refractivity (Wildman–Crippen MR) is 84.1 cm³/mol. The third kappa shape index (κ3) is 4.51. The van der Waals surface area contributed by atoms with Gasteiger partial charge < -0.3 is 15.0 Å². The molecule has 1 saturated heterocycles. The zero-order valence-electron chi connectivity index (χ0n) is 13.0. The molecule has 1 N–H and O–H groups in total. The van der Waals surface area contributed by atoms with Crippen LogP contribution in [0.15, 0.2) is 16.6 Å². The molecule has 4 nitrogen and oxygen atoms in total. The van der Waals surface area contributed by atoms with Crippen LogP contribution in [0.25, 0.3) is 0 Å². The number of likely N-dealkylation sites (tertiary alicyclic amines) is 1. The number of methoxy groups -OCH3 is 1. The Hall–Kier alpha value is -1.03. The quantitative estimate of drug-likeness (QED) is 0.477. The van der Waals surface area contributed by atoms with Gasteiger partial charge in [0.15, 0.2) is 5.96 Å². The molecule has 0 bridgehead atoms. The highest BCUT2D eigenvalue weighted by molar-refractivity contribution is 5.80. The van der Waals surface area contributed by atoms with E-state index in [1.165, 1.54) is 32.1 Å². The highest BCUT2D eigenvalue weighted by Crippen LogP contribution is 2.20. The molecular weight excluding hydrogens is 250 g/mol. The van der Waals surface area contributed by atoms with E-state index in [9.17, 15) is 0 Å². The van der Waals surface area contributed by atoms with Crippen LogP contribution < -0.4 is 5.32 Å². The van der Waals surface area contributed by atoms with Gasteiger partial charge in [-0.15, -0.1) is 0 Å². The van der Waals surface area contributed by atoms with Crippen molar-refractivity contribution in [3.8, 4) is 0 Å².